The molecule has 1 fully saturated rings. The third kappa shape index (κ3) is 5.05. The topological polar surface area (TPSA) is 109 Å². The summed E-state index contributed by atoms with van der Waals surface area (Å²) in [5.74, 6) is -0.879. The van der Waals surface area contributed by atoms with Crippen LogP contribution < -0.4 is 5.32 Å². The highest BCUT2D eigenvalue weighted by Crippen LogP contribution is 2.30. The van der Waals surface area contributed by atoms with Gasteiger partial charge in [0.2, 0.25) is 17.7 Å². The zero-order valence-electron chi connectivity index (χ0n) is 19.8. The molecule has 1 aromatic carbocycles. The van der Waals surface area contributed by atoms with Crippen LogP contribution >= 0.6 is 11.3 Å². The Hall–Kier alpha value is -3.04. The number of benzene rings is 1. The Morgan fingerprint density at radius 3 is 2.59 bits per heavy atom. The number of thiazole rings is 1. The van der Waals surface area contributed by atoms with E-state index >= 15 is 0 Å². The molecule has 0 spiro atoms. The fourth-order valence-electron chi connectivity index (χ4n) is 4.34. The number of aryl methyl sites for hydroxylation is 2. The third-order valence-electron chi connectivity index (χ3n) is 6.13. The third-order valence-corrected chi connectivity index (χ3v) is 7.11. The molecule has 4 rings (SSSR count). The molecule has 3 atom stereocenters. The van der Waals surface area contributed by atoms with E-state index in [0.29, 0.717) is 18.1 Å². The number of hydrogen-bond acceptors (Lipinski definition) is 7. The highest BCUT2D eigenvalue weighted by Gasteiger charge is 2.43. The maximum absolute atomic E-state index is 13.4. The van der Waals surface area contributed by atoms with E-state index in [4.69, 9.17) is 4.42 Å². The molecule has 180 valence electrons. The summed E-state index contributed by atoms with van der Waals surface area (Å²) in [5.41, 5.74) is 5.56. The van der Waals surface area contributed by atoms with E-state index in [1.165, 1.54) is 11.2 Å². The number of aliphatic hydroxyl groups excluding tert-OH is 1. The first-order valence-electron chi connectivity index (χ1n) is 11.4. The van der Waals surface area contributed by atoms with Crippen LogP contribution in [0.1, 0.15) is 49.0 Å². The molecule has 1 unspecified atom stereocenters. The van der Waals surface area contributed by atoms with Crippen LogP contribution in [0.4, 0.5) is 0 Å². The minimum Gasteiger partial charge on any atom is -0.448 e. The second-order valence-corrected chi connectivity index (χ2v) is 9.98. The normalized spacial score (nSPS) is 18.9. The van der Waals surface area contributed by atoms with Gasteiger partial charge in [-0.15, -0.1) is 11.3 Å². The number of nitrogens with one attached hydrogen (secondary N) is 1. The van der Waals surface area contributed by atoms with Gasteiger partial charge in [-0.25, -0.2) is 9.97 Å². The Morgan fingerprint density at radius 2 is 2.00 bits per heavy atom. The molecule has 0 radical (unpaired) electrons. The number of aliphatic hydroxyl groups is 1. The number of carbonyl (C=O) groups is 2. The van der Waals surface area contributed by atoms with Gasteiger partial charge in [-0.05, 0) is 30.9 Å². The molecule has 2 amide bonds. The zero-order chi connectivity index (χ0) is 24.4. The van der Waals surface area contributed by atoms with Crippen LogP contribution in [0.25, 0.3) is 10.4 Å². The second kappa shape index (κ2) is 10.1. The van der Waals surface area contributed by atoms with Crippen molar-refractivity contribution >= 4 is 23.2 Å². The van der Waals surface area contributed by atoms with Gasteiger partial charge in [0.25, 0.3) is 0 Å². The molecule has 8 nitrogen and oxygen atoms in total. The van der Waals surface area contributed by atoms with Gasteiger partial charge in [-0.3, -0.25) is 9.59 Å². The lowest BCUT2D eigenvalue weighted by molar-refractivity contribution is -0.141. The van der Waals surface area contributed by atoms with Gasteiger partial charge >= 0.3 is 0 Å². The largest absolute Gasteiger partial charge is 0.448 e. The predicted molar refractivity (Wildman–Crippen MR) is 129 cm³/mol. The number of rotatable bonds is 7. The summed E-state index contributed by atoms with van der Waals surface area (Å²) in [4.78, 5) is 37.7. The molecule has 1 aliphatic heterocycles. The lowest BCUT2D eigenvalue weighted by Gasteiger charge is -2.28. The Balaban J connectivity index is 1.43. The average molecular weight is 483 g/mol. The number of aromatic nitrogens is 2. The molecule has 3 aromatic rings. The van der Waals surface area contributed by atoms with Gasteiger partial charge in [0.05, 0.1) is 27.9 Å². The Labute approximate surface area is 203 Å². The standard InChI is InChI=1S/C25H30N4O4S/c1-14(2)21(24-28-15(3)12-33-24)25(32)29-11-19(30)9-20(29)23(31)26-10-17-5-7-18(8-6-17)22-16(4)27-13-34-22/h5-8,12-14,19-21,30H,9-11H2,1-4H3,(H,26,31)/t19-,20+,21?/m1/s1. The number of likely N-dealkylation sites (tertiary alicyclic amines) is 1. The fraction of sp³-hybridized carbons (Fsp3) is 0.440. The van der Waals surface area contributed by atoms with Crippen molar-refractivity contribution in [1.82, 2.24) is 20.2 Å². The first-order valence-corrected chi connectivity index (χ1v) is 12.3. The number of nitrogens with zero attached hydrogens (tertiary/aromatic N) is 3. The van der Waals surface area contributed by atoms with Crippen LogP contribution in [0, 0.1) is 19.8 Å². The van der Waals surface area contributed by atoms with Crippen LogP contribution in [0.5, 0.6) is 0 Å². The van der Waals surface area contributed by atoms with E-state index in [-0.39, 0.29) is 30.7 Å². The monoisotopic (exact) mass is 482 g/mol. The predicted octanol–water partition coefficient (Wildman–Crippen LogP) is 3.43. The van der Waals surface area contributed by atoms with Crippen molar-refractivity contribution in [3.63, 3.8) is 0 Å². The molecule has 1 saturated heterocycles. The highest BCUT2D eigenvalue weighted by molar-refractivity contribution is 7.13. The maximum Gasteiger partial charge on any atom is 0.243 e. The number of oxazole rings is 1. The molecule has 0 aliphatic carbocycles. The van der Waals surface area contributed by atoms with Crippen LogP contribution in [-0.2, 0) is 16.1 Å². The van der Waals surface area contributed by atoms with Gasteiger partial charge in [0, 0.05) is 19.5 Å². The lowest BCUT2D eigenvalue weighted by atomic mass is 9.93. The van der Waals surface area contributed by atoms with Gasteiger partial charge in [0.1, 0.15) is 18.2 Å². The van der Waals surface area contributed by atoms with Gasteiger partial charge < -0.3 is 19.7 Å². The van der Waals surface area contributed by atoms with Crippen molar-refractivity contribution in [2.75, 3.05) is 6.54 Å². The number of amides is 2. The van der Waals surface area contributed by atoms with Crippen LogP contribution in [0.3, 0.4) is 0 Å². The van der Waals surface area contributed by atoms with Crippen LogP contribution in [-0.4, -0.2) is 50.5 Å². The summed E-state index contributed by atoms with van der Waals surface area (Å²) in [6.07, 6.45) is 0.972. The van der Waals surface area contributed by atoms with Gasteiger partial charge in [-0.2, -0.15) is 0 Å². The second-order valence-electron chi connectivity index (χ2n) is 9.13. The molecular weight excluding hydrogens is 452 g/mol. The zero-order valence-corrected chi connectivity index (χ0v) is 20.6. The van der Waals surface area contributed by atoms with E-state index in [1.54, 1.807) is 18.3 Å². The molecule has 3 heterocycles. The average Bonchev–Trinajstić information content (AvgIpc) is 3.52. The van der Waals surface area contributed by atoms with E-state index < -0.39 is 18.1 Å². The quantitative estimate of drug-likeness (QED) is 0.534. The lowest BCUT2D eigenvalue weighted by Crippen LogP contribution is -2.48. The Morgan fingerprint density at radius 1 is 1.26 bits per heavy atom. The molecule has 2 aromatic heterocycles. The Bertz CT molecular complexity index is 1150. The molecule has 0 saturated carbocycles. The van der Waals surface area contributed by atoms with Gasteiger partial charge in [-0.1, -0.05) is 38.1 Å². The molecule has 2 N–H and O–H groups in total. The molecule has 0 bridgehead atoms. The van der Waals surface area contributed by atoms with Crippen molar-refractivity contribution in [3.05, 3.63) is 58.9 Å². The van der Waals surface area contributed by atoms with E-state index in [9.17, 15) is 14.7 Å². The Kier molecular flexibility index (Phi) is 7.13. The highest BCUT2D eigenvalue weighted by atomic mass is 32.1. The molecule has 34 heavy (non-hydrogen) atoms. The SMILES string of the molecule is Cc1coc(C(C(=O)N2C[C@H](O)C[C@H]2C(=O)NCc2ccc(-c3scnc3C)cc2)C(C)C)n1. The van der Waals surface area contributed by atoms with E-state index in [1.807, 2.05) is 50.5 Å². The summed E-state index contributed by atoms with van der Waals surface area (Å²) in [6, 6.07) is 7.24. The number of hydrogen-bond donors (Lipinski definition) is 2. The van der Waals surface area contributed by atoms with Crippen molar-refractivity contribution < 1.29 is 19.1 Å². The first-order chi connectivity index (χ1) is 16.2. The summed E-state index contributed by atoms with van der Waals surface area (Å²) >= 11 is 1.60. The smallest absolute Gasteiger partial charge is 0.243 e. The van der Waals surface area contributed by atoms with E-state index in [2.05, 4.69) is 15.3 Å². The summed E-state index contributed by atoms with van der Waals surface area (Å²) < 4.78 is 5.52. The molecular formula is C25H30N4O4S. The molecule has 1 aliphatic rings. The fourth-order valence-corrected chi connectivity index (χ4v) is 5.15. The van der Waals surface area contributed by atoms with Gasteiger partial charge in [0.15, 0.2) is 0 Å². The number of carbonyl (C=O) groups excluding carboxylic acids is 2. The van der Waals surface area contributed by atoms with Crippen molar-refractivity contribution in [1.29, 1.82) is 0 Å². The summed E-state index contributed by atoms with van der Waals surface area (Å²) in [5, 5.41) is 13.2. The summed E-state index contributed by atoms with van der Waals surface area (Å²) in [6.45, 7) is 8.07. The molecule has 9 heteroatoms. The van der Waals surface area contributed by atoms with Crippen LogP contribution in [0.2, 0.25) is 0 Å². The number of β-amino-alcohol motifs (C(OH)–C–C–N with tert-alkyl or cyclic N) is 1. The first kappa shape index (κ1) is 24.1. The van der Waals surface area contributed by atoms with E-state index in [0.717, 1.165) is 21.7 Å². The minimum absolute atomic E-state index is 0.0762. The minimum atomic E-state index is -0.749. The van der Waals surface area contributed by atoms with Crippen molar-refractivity contribution in [3.8, 4) is 10.4 Å². The maximum atomic E-state index is 13.4. The van der Waals surface area contributed by atoms with Crippen molar-refractivity contribution in [2.24, 2.45) is 5.92 Å². The van der Waals surface area contributed by atoms with Crippen LogP contribution in [0.15, 0.2) is 40.5 Å². The van der Waals surface area contributed by atoms with Crippen molar-refractivity contribution in [2.45, 2.75) is 58.7 Å². The summed E-state index contributed by atoms with van der Waals surface area (Å²) in [7, 11) is 0.